The molecule has 0 fully saturated rings. The lowest BCUT2D eigenvalue weighted by atomic mass is 10.1. The zero-order valence-electron chi connectivity index (χ0n) is 14.4. The predicted octanol–water partition coefficient (Wildman–Crippen LogP) is 3.78. The van der Waals surface area contributed by atoms with Crippen LogP contribution in [0.25, 0.3) is 10.2 Å². The monoisotopic (exact) mass is 363 g/mol. The van der Waals surface area contributed by atoms with Crippen molar-refractivity contribution in [3.63, 3.8) is 0 Å². The van der Waals surface area contributed by atoms with Crippen LogP contribution in [0.2, 0.25) is 0 Å². The minimum Gasteiger partial charge on any atom is -0.481 e. The number of anilines is 1. The highest BCUT2D eigenvalue weighted by molar-refractivity contribution is 7.21. The molecule has 0 saturated heterocycles. The Hall–Kier alpha value is -3.04. The fourth-order valence-corrected chi connectivity index (χ4v) is 4.40. The molecule has 2 aromatic heterocycles. The number of rotatable bonds is 3. The highest BCUT2D eigenvalue weighted by Crippen LogP contribution is 2.41. The fourth-order valence-electron chi connectivity index (χ4n) is 3.24. The van der Waals surface area contributed by atoms with Crippen molar-refractivity contribution >= 4 is 33.1 Å². The maximum absolute atomic E-state index is 12.7. The molecule has 5 nitrogen and oxygen atoms in total. The minimum absolute atomic E-state index is 0.115. The maximum Gasteiger partial charge on any atom is 0.265 e. The third kappa shape index (κ3) is 2.67. The number of ether oxygens (including phenoxy) is 1. The lowest BCUT2D eigenvalue weighted by Crippen LogP contribution is -2.37. The number of aryl methyl sites for hydroxylation is 2. The topological polar surface area (TPSA) is 63.2 Å². The first-order chi connectivity index (χ1) is 12.6. The molecule has 26 heavy (non-hydrogen) atoms. The number of thiophene rings is 1. The van der Waals surface area contributed by atoms with Gasteiger partial charge in [0.2, 0.25) is 0 Å². The van der Waals surface area contributed by atoms with E-state index in [1.54, 1.807) is 0 Å². The molecule has 0 radical (unpaired) electrons. The summed E-state index contributed by atoms with van der Waals surface area (Å²) < 4.78 is 5.63. The molecule has 2 N–H and O–H groups in total. The molecule has 1 atom stereocenters. The molecule has 1 aliphatic heterocycles. The molecule has 3 aromatic rings. The molecule has 0 unspecified atom stereocenters. The molecule has 1 aliphatic rings. The number of benzene rings is 1. The van der Waals surface area contributed by atoms with Gasteiger partial charge in [-0.1, -0.05) is 24.1 Å². The second-order valence-electron chi connectivity index (χ2n) is 6.15. The Morgan fingerprint density at radius 1 is 1.31 bits per heavy atom. The molecule has 4 rings (SSSR count). The van der Waals surface area contributed by atoms with E-state index in [0.717, 1.165) is 32.7 Å². The van der Waals surface area contributed by atoms with Crippen LogP contribution in [0.1, 0.15) is 32.7 Å². The number of fused-ring (bicyclic) bond motifs is 3. The third-order valence-corrected chi connectivity index (χ3v) is 5.38. The number of para-hydroxylation sites is 1. The van der Waals surface area contributed by atoms with Crippen molar-refractivity contribution in [3.05, 3.63) is 52.0 Å². The van der Waals surface area contributed by atoms with Crippen molar-refractivity contribution in [3.8, 4) is 18.1 Å². The summed E-state index contributed by atoms with van der Waals surface area (Å²) in [7, 11) is 0. The average molecular weight is 363 g/mol. The van der Waals surface area contributed by atoms with Crippen LogP contribution in [0.5, 0.6) is 5.75 Å². The molecule has 130 valence electrons. The third-order valence-electron chi connectivity index (χ3n) is 4.30. The minimum atomic E-state index is -0.400. The molecule has 0 bridgehead atoms. The van der Waals surface area contributed by atoms with Crippen molar-refractivity contribution in [1.82, 2.24) is 10.3 Å². The van der Waals surface area contributed by atoms with Gasteiger partial charge in [-0.3, -0.25) is 4.79 Å². The predicted molar refractivity (Wildman–Crippen MR) is 104 cm³/mol. The Bertz CT molecular complexity index is 1060. The van der Waals surface area contributed by atoms with Gasteiger partial charge in [-0.05, 0) is 31.5 Å². The van der Waals surface area contributed by atoms with E-state index >= 15 is 0 Å². The summed E-state index contributed by atoms with van der Waals surface area (Å²) in [5.74, 6) is 3.00. The second-order valence-corrected chi connectivity index (χ2v) is 7.15. The summed E-state index contributed by atoms with van der Waals surface area (Å²) in [6.07, 6.45) is 4.90. The van der Waals surface area contributed by atoms with E-state index in [1.165, 1.54) is 11.3 Å². The van der Waals surface area contributed by atoms with Gasteiger partial charge in [0.05, 0.1) is 5.69 Å². The van der Waals surface area contributed by atoms with Crippen molar-refractivity contribution < 1.29 is 9.53 Å². The number of nitrogens with one attached hydrogen (secondary N) is 2. The van der Waals surface area contributed by atoms with Crippen LogP contribution in [0.3, 0.4) is 0 Å². The number of hydrogen-bond donors (Lipinski definition) is 2. The maximum atomic E-state index is 12.7. The first kappa shape index (κ1) is 16.4. The molecular weight excluding hydrogens is 346 g/mol. The number of amides is 1. The lowest BCUT2D eigenvalue weighted by Gasteiger charge is -2.27. The van der Waals surface area contributed by atoms with Crippen LogP contribution < -0.4 is 15.4 Å². The Morgan fingerprint density at radius 3 is 2.92 bits per heavy atom. The van der Waals surface area contributed by atoms with E-state index in [4.69, 9.17) is 11.2 Å². The number of hydrogen-bond acceptors (Lipinski definition) is 5. The molecule has 6 heteroatoms. The summed E-state index contributed by atoms with van der Waals surface area (Å²) in [6.45, 7) is 4.17. The SMILES string of the molecule is C#CCOc1ccccc1[C@@H]1NC(=O)c2sc3nc(C)cc(C)c3c2N1. The zero-order valence-corrected chi connectivity index (χ0v) is 15.2. The van der Waals surface area contributed by atoms with Gasteiger partial charge in [0, 0.05) is 16.6 Å². The Labute approximate surface area is 155 Å². The van der Waals surface area contributed by atoms with Crippen LogP contribution >= 0.6 is 11.3 Å². The van der Waals surface area contributed by atoms with E-state index in [1.807, 2.05) is 44.2 Å². The van der Waals surface area contributed by atoms with Crippen molar-refractivity contribution in [2.75, 3.05) is 11.9 Å². The number of carbonyl (C=O) groups excluding carboxylic acids is 1. The van der Waals surface area contributed by atoms with E-state index in [2.05, 4.69) is 21.5 Å². The van der Waals surface area contributed by atoms with Crippen LogP contribution in [0.4, 0.5) is 5.69 Å². The standard InChI is InChI=1S/C20H17N3O2S/c1-4-9-25-14-8-6-5-7-13(14)18-22-16-15-11(2)10-12(3)21-20(15)26-17(16)19(24)23-18/h1,5-8,10,18,22H,9H2,2-3H3,(H,23,24)/t18-/m0/s1. The Balaban J connectivity index is 1.80. The summed E-state index contributed by atoms with van der Waals surface area (Å²) in [5.41, 5.74) is 3.70. The van der Waals surface area contributed by atoms with E-state index in [0.29, 0.717) is 10.6 Å². The van der Waals surface area contributed by atoms with Gasteiger partial charge in [0.25, 0.3) is 5.91 Å². The molecule has 0 spiro atoms. The highest BCUT2D eigenvalue weighted by Gasteiger charge is 2.31. The van der Waals surface area contributed by atoms with Gasteiger partial charge in [-0.15, -0.1) is 17.8 Å². The summed E-state index contributed by atoms with van der Waals surface area (Å²) in [6, 6.07) is 9.57. The van der Waals surface area contributed by atoms with Crippen LogP contribution in [0, 0.1) is 26.2 Å². The van der Waals surface area contributed by atoms with Gasteiger partial charge in [-0.2, -0.15) is 0 Å². The Kier molecular flexibility index (Phi) is 4.02. The van der Waals surface area contributed by atoms with Crippen LogP contribution in [-0.4, -0.2) is 17.5 Å². The summed E-state index contributed by atoms with van der Waals surface area (Å²) in [4.78, 5) is 18.8. The van der Waals surface area contributed by atoms with Gasteiger partial charge in [-0.25, -0.2) is 4.98 Å². The first-order valence-corrected chi connectivity index (χ1v) is 9.03. The summed E-state index contributed by atoms with van der Waals surface area (Å²) in [5, 5.41) is 7.45. The fraction of sp³-hybridized carbons (Fsp3) is 0.200. The second kappa shape index (κ2) is 6.36. The molecule has 0 aliphatic carbocycles. The average Bonchev–Trinajstić information content (AvgIpc) is 2.99. The Morgan fingerprint density at radius 2 is 2.12 bits per heavy atom. The molecule has 0 saturated carbocycles. The van der Waals surface area contributed by atoms with E-state index in [-0.39, 0.29) is 12.5 Å². The van der Waals surface area contributed by atoms with E-state index in [9.17, 15) is 4.79 Å². The molecule has 3 heterocycles. The number of aromatic nitrogens is 1. The van der Waals surface area contributed by atoms with E-state index < -0.39 is 6.17 Å². The first-order valence-electron chi connectivity index (χ1n) is 8.22. The normalized spacial score (nSPS) is 15.7. The molecule has 1 amide bonds. The lowest BCUT2D eigenvalue weighted by molar-refractivity contribution is 0.0940. The number of carbonyl (C=O) groups is 1. The number of pyridine rings is 1. The summed E-state index contributed by atoms with van der Waals surface area (Å²) >= 11 is 1.41. The van der Waals surface area contributed by atoms with Crippen LogP contribution in [0.15, 0.2) is 30.3 Å². The van der Waals surface area contributed by atoms with Crippen molar-refractivity contribution in [1.29, 1.82) is 0 Å². The number of terminal acetylenes is 1. The number of nitrogens with zero attached hydrogens (tertiary/aromatic N) is 1. The van der Waals surface area contributed by atoms with Gasteiger partial charge in [0.1, 0.15) is 28.2 Å². The van der Waals surface area contributed by atoms with Crippen molar-refractivity contribution in [2.24, 2.45) is 0 Å². The largest absolute Gasteiger partial charge is 0.481 e. The molecular formula is C20H17N3O2S. The van der Waals surface area contributed by atoms with Crippen LogP contribution in [-0.2, 0) is 0 Å². The molecule has 1 aromatic carbocycles. The van der Waals surface area contributed by atoms with Gasteiger partial charge >= 0.3 is 0 Å². The zero-order chi connectivity index (χ0) is 18.3. The van der Waals surface area contributed by atoms with Gasteiger partial charge < -0.3 is 15.4 Å². The quantitative estimate of drug-likeness (QED) is 0.695. The van der Waals surface area contributed by atoms with Gasteiger partial charge in [0.15, 0.2) is 0 Å². The van der Waals surface area contributed by atoms with Crippen molar-refractivity contribution in [2.45, 2.75) is 20.0 Å². The smallest absolute Gasteiger partial charge is 0.265 e. The highest BCUT2D eigenvalue weighted by atomic mass is 32.1.